The molecule has 0 aromatic carbocycles. The van der Waals surface area contributed by atoms with Crippen LogP contribution in [0.15, 0.2) is 5.38 Å². The Bertz CT molecular complexity index is 667. The summed E-state index contributed by atoms with van der Waals surface area (Å²) in [6.45, 7) is 4.32. The van der Waals surface area contributed by atoms with E-state index in [9.17, 15) is 9.59 Å². The number of nitrogens with zero attached hydrogens (tertiary/aromatic N) is 2. The number of aryl methyl sites for hydroxylation is 1. The summed E-state index contributed by atoms with van der Waals surface area (Å²) in [6.07, 6.45) is 4.53. The van der Waals surface area contributed by atoms with Gasteiger partial charge in [-0.1, -0.05) is 6.92 Å². The maximum absolute atomic E-state index is 13.0. The predicted octanol–water partition coefficient (Wildman–Crippen LogP) is 1.73. The Hall–Kier alpha value is -1.18. The van der Waals surface area contributed by atoms with Crippen molar-refractivity contribution < 1.29 is 9.59 Å². The van der Waals surface area contributed by atoms with E-state index in [-0.39, 0.29) is 42.2 Å². The van der Waals surface area contributed by atoms with Gasteiger partial charge in [-0.2, -0.15) is 0 Å². The summed E-state index contributed by atoms with van der Waals surface area (Å²) in [5, 5.41) is 9.50. The molecule has 3 fully saturated rings. The number of rotatable bonds is 4. The highest BCUT2D eigenvalue weighted by atomic mass is 35.5. The zero-order valence-electron chi connectivity index (χ0n) is 15.1. The fraction of sp³-hybridized carbons (Fsp3) is 0.722. The lowest BCUT2D eigenvalue weighted by Gasteiger charge is -2.53. The molecule has 8 heteroatoms. The molecule has 0 saturated carbocycles. The van der Waals surface area contributed by atoms with Crippen LogP contribution in [0, 0.1) is 11.8 Å². The van der Waals surface area contributed by atoms with Gasteiger partial charge in [0, 0.05) is 30.3 Å². The quantitative estimate of drug-likeness (QED) is 0.810. The molecule has 2 bridgehead atoms. The molecule has 3 aliphatic heterocycles. The van der Waals surface area contributed by atoms with Gasteiger partial charge in [-0.3, -0.25) is 9.59 Å². The van der Waals surface area contributed by atoms with Crippen LogP contribution in [0.25, 0.3) is 0 Å². The molecule has 0 radical (unpaired) electrons. The second kappa shape index (κ2) is 8.23. The highest BCUT2D eigenvalue weighted by Gasteiger charge is 2.50. The molecule has 0 spiro atoms. The van der Waals surface area contributed by atoms with Crippen molar-refractivity contribution in [3.63, 3.8) is 0 Å². The molecule has 6 nitrogen and oxygen atoms in total. The van der Waals surface area contributed by atoms with E-state index in [1.807, 2.05) is 10.3 Å². The number of piperidine rings is 3. The Balaban J connectivity index is 0.00000196. The molecule has 3 saturated heterocycles. The molecule has 1 aromatic heterocycles. The second-order valence-electron chi connectivity index (χ2n) is 7.42. The highest BCUT2D eigenvalue weighted by Crippen LogP contribution is 2.39. The minimum absolute atomic E-state index is 0. The first-order valence-corrected chi connectivity index (χ1v) is 10.3. The van der Waals surface area contributed by atoms with Gasteiger partial charge in [0.15, 0.2) is 0 Å². The van der Waals surface area contributed by atoms with Gasteiger partial charge < -0.3 is 15.5 Å². The van der Waals surface area contributed by atoms with Gasteiger partial charge in [-0.15, -0.1) is 23.7 Å². The maximum Gasteiger partial charge on any atom is 0.243 e. The Kier molecular flexibility index (Phi) is 6.20. The van der Waals surface area contributed by atoms with Crippen molar-refractivity contribution in [2.45, 2.75) is 57.7 Å². The van der Waals surface area contributed by atoms with Crippen LogP contribution in [0.1, 0.15) is 43.3 Å². The monoisotopic (exact) mass is 398 g/mol. The van der Waals surface area contributed by atoms with E-state index in [1.165, 1.54) is 0 Å². The highest BCUT2D eigenvalue weighted by molar-refractivity contribution is 7.09. The van der Waals surface area contributed by atoms with E-state index < -0.39 is 0 Å². The van der Waals surface area contributed by atoms with E-state index in [0.717, 1.165) is 49.5 Å². The molecule has 0 aliphatic carbocycles. The van der Waals surface area contributed by atoms with E-state index in [0.29, 0.717) is 18.9 Å². The van der Waals surface area contributed by atoms with Crippen molar-refractivity contribution in [1.82, 2.24) is 20.5 Å². The summed E-state index contributed by atoms with van der Waals surface area (Å²) in [6, 6.07) is -0.0972. The zero-order valence-corrected chi connectivity index (χ0v) is 16.7. The summed E-state index contributed by atoms with van der Waals surface area (Å²) in [4.78, 5) is 32.1. The number of halogens is 1. The van der Waals surface area contributed by atoms with Crippen LogP contribution in [-0.2, 0) is 22.6 Å². The molecule has 2 amide bonds. The van der Waals surface area contributed by atoms with Crippen molar-refractivity contribution in [2.75, 3.05) is 13.1 Å². The summed E-state index contributed by atoms with van der Waals surface area (Å²) in [5.74, 6) is 0.869. The number of carbonyl (C=O) groups is 2. The molecule has 4 atom stereocenters. The van der Waals surface area contributed by atoms with Gasteiger partial charge in [0.25, 0.3) is 0 Å². The molecule has 0 unspecified atom stereocenters. The lowest BCUT2D eigenvalue weighted by molar-refractivity contribution is -0.157. The Morgan fingerprint density at radius 2 is 2.23 bits per heavy atom. The lowest BCUT2D eigenvalue weighted by Crippen LogP contribution is -2.67. The van der Waals surface area contributed by atoms with Crippen molar-refractivity contribution in [2.24, 2.45) is 11.8 Å². The summed E-state index contributed by atoms with van der Waals surface area (Å²) in [7, 11) is 0. The third-order valence-electron chi connectivity index (χ3n) is 5.89. The number of amides is 2. The van der Waals surface area contributed by atoms with E-state index in [4.69, 9.17) is 0 Å². The summed E-state index contributed by atoms with van der Waals surface area (Å²) >= 11 is 1.59. The Labute approximate surface area is 164 Å². The van der Waals surface area contributed by atoms with Gasteiger partial charge in [0.1, 0.15) is 11.0 Å². The van der Waals surface area contributed by atoms with Crippen molar-refractivity contribution in [3.05, 3.63) is 16.1 Å². The van der Waals surface area contributed by atoms with Crippen molar-refractivity contribution in [1.29, 1.82) is 0 Å². The predicted molar refractivity (Wildman–Crippen MR) is 103 cm³/mol. The minimum atomic E-state index is -0.326. The largest absolute Gasteiger partial charge is 0.348 e. The van der Waals surface area contributed by atoms with Gasteiger partial charge >= 0.3 is 0 Å². The van der Waals surface area contributed by atoms with Crippen LogP contribution in [0.3, 0.4) is 0 Å². The molecule has 26 heavy (non-hydrogen) atoms. The molecule has 1 aromatic rings. The first-order chi connectivity index (χ1) is 12.2. The number of thiazole rings is 1. The molecular formula is C18H27ClN4O2S. The van der Waals surface area contributed by atoms with E-state index in [2.05, 4.69) is 22.5 Å². The second-order valence-corrected chi connectivity index (χ2v) is 8.37. The number of carbonyl (C=O) groups excluding carboxylic acids is 2. The fourth-order valence-electron chi connectivity index (χ4n) is 4.71. The number of aromatic nitrogens is 1. The smallest absolute Gasteiger partial charge is 0.243 e. The maximum atomic E-state index is 13.0. The topological polar surface area (TPSA) is 74.3 Å². The third-order valence-corrected chi connectivity index (χ3v) is 6.79. The van der Waals surface area contributed by atoms with Gasteiger partial charge in [-0.25, -0.2) is 4.98 Å². The zero-order chi connectivity index (χ0) is 17.4. The average molecular weight is 399 g/mol. The van der Waals surface area contributed by atoms with Crippen molar-refractivity contribution >= 4 is 35.6 Å². The van der Waals surface area contributed by atoms with E-state index in [1.54, 1.807) is 11.3 Å². The molecule has 4 heterocycles. The Morgan fingerprint density at radius 1 is 1.42 bits per heavy atom. The van der Waals surface area contributed by atoms with Gasteiger partial charge in [-0.05, 0) is 38.1 Å². The number of hydrogen-bond acceptors (Lipinski definition) is 5. The minimum Gasteiger partial charge on any atom is -0.348 e. The summed E-state index contributed by atoms with van der Waals surface area (Å²) < 4.78 is 0. The molecule has 144 valence electrons. The van der Waals surface area contributed by atoms with Crippen LogP contribution in [0.5, 0.6) is 0 Å². The normalized spacial score (nSPS) is 30.3. The van der Waals surface area contributed by atoms with Crippen LogP contribution in [0.2, 0.25) is 0 Å². The molecule has 3 aliphatic rings. The van der Waals surface area contributed by atoms with Crippen LogP contribution in [0.4, 0.5) is 0 Å². The Morgan fingerprint density at radius 3 is 3.00 bits per heavy atom. The SMILES string of the molecule is CCc1csc(CNC(=O)[C@H]2[C@@H]3CNC[C@@H](C3)[C@@H]3CCCC(=O)N32)n1.Cl. The lowest BCUT2D eigenvalue weighted by atomic mass is 9.72. The number of nitrogens with one attached hydrogen (secondary N) is 2. The fourth-order valence-corrected chi connectivity index (χ4v) is 5.53. The van der Waals surface area contributed by atoms with Crippen LogP contribution >= 0.6 is 23.7 Å². The first kappa shape index (κ1) is 19.6. The standard InChI is InChI=1S/C18H26N4O2S.ClH/c1-2-13-10-25-15(21-13)9-20-18(24)17-12-6-11(7-19-8-12)14-4-3-5-16(23)22(14)17;/h10-12,14,17,19H,2-9H2,1H3,(H,20,24);1H/t11-,12+,14+,17-;/m1./s1. The van der Waals surface area contributed by atoms with Gasteiger partial charge in [0.05, 0.1) is 12.2 Å². The number of fused-ring (bicyclic) bond motifs is 4. The van der Waals surface area contributed by atoms with Crippen LogP contribution < -0.4 is 10.6 Å². The molecular weight excluding hydrogens is 372 g/mol. The van der Waals surface area contributed by atoms with E-state index >= 15 is 0 Å². The third kappa shape index (κ3) is 3.62. The molecule has 4 rings (SSSR count). The average Bonchev–Trinajstić information content (AvgIpc) is 3.09. The van der Waals surface area contributed by atoms with Crippen molar-refractivity contribution in [3.8, 4) is 0 Å². The molecule has 2 N–H and O–H groups in total. The van der Waals surface area contributed by atoms with Gasteiger partial charge in [0.2, 0.25) is 11.8 Å². The van der Waals surface area contributed by atoms with Crippen LogP contribution in [-0.4, -0.2) is 46.9 Å². The number of hydrogen-bond donors (Lipinski definition) is 2. The summed E-state index contributed by atoms with van der Waals surface area (Å²) in [5.41, 5.74) is 1.07. The first-order valence-electron chi connectivity index (χ1n) is 9.40.